The number of benzene rings is 4. The van der Waals surface area contributed by atoms with E-state index in [4.69, 9.17) is 16.3 Å². The summed E-state index contributed by atoms with van der Waals surface area (Å²) in [4.78, 5) is 12.5. The van der Waals surface area contributed by atoms with Gasteiger partial charge in [0.15, 0.2) is 0 Å². The van der Waals surface area contributed by atoms with Crippen LogP contribution in [0.1, 0.15) is 16.7 Å². The summed E-state index contributed by atoms with van der Waals surface area (Å²) in [5.74, 6) is 0.182. The molecule has 0 aliphatic rings. The third kappa shape index (κ3) is 5.48. The smallest absolute Gasteiger partial charge is 0.266 e. The van der Waals surface area contributed by atoms with Gasteiger partial charge in [0.1, 0.15) is 24.0 Å². The highest BCUT2D eigenvalue weighted by Gasteiger charge is 2.11. The Labute approximate surface area is 211 Å². The number of hydrogen-bond donors (Lipinski definition) is 1. The number of nitrogens with zero attached hydrogens (tertiary/aromatic N) is 1. The van der Waals surface area contributed by atoms with Crippen molar-refractivity contribution >= 4 is 56.0 Å². The zero-order valence-electron chi connectivity index (χ0n) is 18.3. The van der Waals surface area contributed by atoms with Crippen LogP contribution in [0.5, 0.6) is 5.75 Å². The molecule has 0 aliphatic carbocycles. The molecule has 0 saturated heterocycles. The van der Waals surface area contributed by atoms with E-state index in [2.05, 4.69) is 52.4 Å². The minimum absolute atomic E-state index is 0.0121. The minimum Gasteiger partial charge on any atom is -0.488 e. The highest BCUT2D eigenvalue weighted by molar-refractivity contribution is 9.10. The summed E-state index contributed by atoms with van der Waals surface area (Å²) in [7, 11) is 0. The molecule has 0 unspecified atom stereocenters. The van der Waals surface area contributed by atoms with Crippen LogP contribution in [-0.2, 0) is 11.4 Å². The Kier molecular flexibility index (Phi) is 7.32. The predicted molar refractivity (Wildman–Crippen MR) is 141 cm³/mol. The lowest BCUT2D eigenvalue weighted by Crippen LogP contribution is -2.13. The number of hydrogen-bond acceptors (Lipinski definition) is 3. The van der Waals surface area contributed by atoms with Gasteiger partial charge >= 0.3 is 0 Å². The largest absolute Gasteiger partial charge is 0.488 e. The maximum Gasteiger partial charge on any atom is 0.266 e. The van der Waals surface area contributed by atoms with Crippen molar-refractivity contribution in [2.75, 3.05) is 5.32 Å². The molecule has 0 fully saturated rings. The second-order valence-electron chi connectivity index (χ2n) is 7.69. The van der Waals surface area contributed by atoms with Crippen LogP contribution in [0.25, 0.3) is 16.8 Å². The van der Waals surface area contributed by atoms with Crippen LogP contribution in [0.4, 0.5) is 5.69 Å². The van der Waals surface area contributed by atoms with E-state index in [1.54, 1.807) is 24.3 Å². The van der Waals surface area contributed by atoms with Crippen molar-refractivity contribution in [2.45, 2.75) is 13.5 Å². The van der Waals surface area contributed by atoms with Gasteiger partial charge in [-0.3, -0.25) is 4.79 Å². The Morgan fingerprint density at radius 1 is 1.09 bits per heavy atom. The van der Waals surface area contributed by atoms with Crippen molar-refractivity contribution in [3.63, 3.8) is 0 Å². The van der Waals surface area contributed by atoms with E-state index in [-0.39, 0.29) is 5.57 Å². The summed E-state index contributed by atoms with van der Waals surface area (Å²) in [5.41, 5.74) is 3.55. The van der Waals surface area contributed by atoms with Crippen LogP contribution in [0.2, 0.25) is 5.02 Å². The zero-order chi connectivity index (χ0) is 24.1. The Morgan fingerprint density at radius 2 is 1.85 bits per heavy atom. The van der Waals surface area contributed by atoms with Gasteiger partial charge in [-0.25, -0.2) is 0 Å². The maximum absolute atomic E-state index is 12.5. The molecule has 4 rings (SSSR count). The number of fused-ring (bicyclic) bond motifs is 1. The number of anilines is 1. The first-order valence-electron chi connectivity index (χ1n) is 10.5. The molecule has 1 amide bonds. The van der Waals surface area contributed by atoms with Crippen molar-refractivity contribution in [3.05, 3.63) is 111 Å². The molecule has 0 atom stereocenters. The summed E-state index contributed by atoms with van der Waals surface area (Å²) >= 11 is 9.42. The van der Waals surface area contributed by atoms with Crippen LogP contribution < -0.4 is 10.1 Å². The number of nitrogens with one attached hydrogen (secondary N) is 1. The lowest BCUT2D eigenvalue weighted by molar-refractivity contribution is -0.112. The number of rotatable bonds is 6. The fourth-order valence-electron chi connectivity index (χ4n) is 3.56. The molecule has 4 aromatic rings. The maximum atomic E-state index is 12.5. The molecule has 4 aromatic carbocycles. The second kappa shape index (κ2) is 10.6. The molecule has 0 bridgehead atoms. The first kappa shape index (κ1) is 23.6. The average molecular weight is 532 g/mol. The van der Waals surface area contributed by atoms with Gasteiger partial charge in [0.2, 0.25) is 0 Å². The molecule has 4 nitrogen and oxygen atoms in total. The molecule has 1 N–H and O–H groups in total. The monoisotopic (exact) mass is 530 g/mol. The molecule has 34 heavy (non-hydrogen) atoms. The fourth-order valence-corrected chi connectivity index (χ4v) is 4.19. The minimum atomic E-state index is -0.493. The highest BCUT2D eigenvalue weighted by atomic mass is 79.9. The van der Waals surface area contributed by atoms with E-state index in [1.807, 2.05) is 36.4 Å². The van der Waals surface area contributed by atoms with Gasteiger partial charge in [-0.05, 0) is 87.2 Å². The van der Waals surface area contributed by atoms with Crippen molar-refractivity contribution in [1.29, 1.82) is 5.26 Å². The number of halogens is 2. The molecule has 0 aromatic heterocycles. The van der Waals surface area contributed by atoms with Crippen LogP contribution in [0.15, 0.2) is 88.9 Å². The first-order valence-corrected chi connectivity index (χ1v) is 11.7. The fraction of sp³-hybridized carbons (Fsp3) is 0.0714. The van der Waals surface area contributed by atoms with Crippen molar-refractivity contribution in [1.82, 2.24) is 0 Å². The highest BCUT2D eigenvalue weighted by Crippen LogP contribution is 2.30. The molecule has 0 spiro atoms. The Balaban J connectivity index is 1.50. The van der Waals surface area contributed by atoms with E-state index in [1.165, 1.54) is 22.4 Å². The summed E-state index contributed by atoms with van der Waals surface area (Å²) in [6.45, 7) is 2.50. The Bertz CT molecular complexity index is 1440. The zero-order valence-corrected chi connectivity index (χ0v) is 20.7. The van der Waals surface area contributed by atoms with E-state index in [0.29, 0.717) is 28.6 Å². The molecule has 0 radical (unpaired) electrons. The topological polar surface area (TPSA) is 62.1 Å². The van der Waals surface area contributed by atoms with Gasteiger partial charge in [-0.2, -0.15) is 5.26 Å². The van der Waals surface area contributed by atoms with E-state index in [9.17, 15) is 10.1 Å². The third-order valence-electron chi connectivity index (χ3n) is 5.38. The molecule has 168 valence electrons. The normalized spacial score (nSPS) is 11.2. The first-order chi connectivity index (χ1) is 16.4. The Hall–Kier alpha value is -3.59. The van der Waals surface area contributed by atoms with Gasteiger partial charge in [0.25, 0.3) is 5.91 Å². The van der Waals surface area contributed by atoms with E-state index < -0.39 is 5.91 Å². The van der Waals surface area contributed by atoms with Gasteiger partial charge in [0, 0.05) is 16.3 Å². The summed E-state index contributed by atoms with van der Waals surface area (Å²) < 4.78 is 6.84. The quantitative estimate of drug-likeness (QED) is 0.205. The number of nitriles is 1. The van der Waals surface area contributed by atoms with E-state index >= 15 is 0 Å². The summed E-state index contributed by atoms with van der Waals surface area (Å²) in [5, 5.41) is 15.1. The third-order valence-corrected chi connectivity index (χ3v) is 6.25. The van der Waals surface area contributed by atoms with Gasteiger partial charge in [0.05, 0.1) is 4.47 Å². The molecule has 0 aliphatic heterocycles. The number of carbonyl (C=O) groups is 1. The lowest BCUT2D eigenvalue weighted by atomic mass is 10.0. The number of ether oxygens (including phenoxy) is 1. The predicted octanol–water partition coefficient (Wildman–Crippen LogP) is 7.69. The lowest BCUT2D eigenvalue weighted by Gasteiger charge is -2.13. The van der Waals surface area contributed by atoms with Crippen LogP contribution >= 0.6 is 27.5 Å². The van der Waals surface area contributed by atoms with Gasteiger partial charge in [-0.1, -0.05) is 54.1 Å². The summed E-state index contributed by atoms with van der Waals surface area (Å²) in [6.07, 6.45) is 1.54. The molecule has 6 heteroatoms. The standard InChI is InChI=1S/C28H20BrClN2O2/c1-18-6-8-20-4-2-3-5-24(20)25(18)17-34-27-13-7-19(15-26(27)29)14-21(16-31)28(33)32-23-11-9-22(30)10-12-23/h2-15H,17H2,1H3,(H,32,33)/b21-14+. The van der Waals surface area contributed by atoms with Gasteiger partial charge in [-0.15, -0.1) is 0 Å². The molecular formula is C28H20BrClN2O2. The summed E-state index contributed by atoms with van der Waals surface area (Å²) in [6, 6.07) is 26.6. The molecule has 0 saturated carbocycles. The number of amides is 1. The second-order valence-corrected chi connectivity index (χ2v) is 8.98. The molecular weight excluding hydrogens is 512 g/mol. The SMILES string of the molecule is Cc1ccc2ccccc2c1COc1ccc(/C=C(\C#N)C(=O)Nc2ccc(Cl)cc2)cc1Br. The van der Waals surface area contributed by atoms with Crippen LogP contribution in [0.3, 0.4) is 0 Å². The number of carbonyl (C=O) groups excluding carboxylic acids is 1. The van der Waals surface area contributed by atoms with Crippen molar-refractivity contribution < 1.29 is 9.53 Å². The van der Waals surface area contributed by atoms with Crippen molar-refractivity contribution in [3.8, 4) is 11.8 Å². The Morgan fingerprint density at radius 3 is 2.59 bits per heavy atom. The average Bonchev–Trinajstić information content (AvgIpc) is 2.84. The molecule has 0 heterocycles. The van der Waals surface area contributed by atoms with Gasteiger partial charge < -0.3 is 10.1 Å². The van der Waals surface area contributed by atoms with Crippen LogP contribution in [-0.4, -0.2) is 5.91 Å². The number of aryl methyl sites for hydroxylation is 1. The van der Waals surface area contributed by atoms with E-state index in [0.717, 1.165) is 10.0 Å². The van der Waals surface area contributed by atoms with Crippen molar-refractivity contribution in [2.24, 2.45) is 0 Å². The van der Waals surface area contributed by atoms with Crippen LogP contribution in [0, 0.1) is 18.3 Å².